The fraction of sp³-hybridized carbons (Fsp3) is 0.857. The monoisotopic (exact) mass is 226 g/mol. The van der Waals surface area contributed by atoms with E-state index in [0.29, 0.717) is 0 Å². The van der Waals surface area contributed by atoms with Crippen LogP contribution < -0.4 is 0 Å². The van der Waals surface area contributed by atoms with Crippen LogP contribution in [-0.2, 0) is 19.1 Å². The van der Waals surface area contributed by atoms with Gasteiger partial charge in [-0.1, -0.05) is 6.92 Å². The fourth-order valence-corrected chi connectivity index (χ4v) is 1.88. The van der Waals surface area contributed by atoms with E-state index in [1.165, 1.54) is 6.92 Å². The van der Waals surface area contributed by atoms with Crippen LogP contribution in [-0.4, -0.2) is 43.1 Å². The van der Waals surface area contributed by atoms with E-state index in [-0.39, 0.29) is 6.61 Å². The molecule has 14 heavy (non-hydrogen) atoms. The number of rotatable bonds is 5. The fourth-order valence-electron chi connectivity index (χ4n) is 0.708. The van der Waals surface area contributed by atoms with Gasteiger partial charge in [0.25, 0.3) is 0 Å². The molecule has 2 N–H and O–H groups in total. The number of aliphatic hydroxyl groups is 2. The summed E-state index contributed by atoms with van der Waals surface area (Å²) < 4.78 is 26.0. The smallest absolute Gasteiger partial charge is 0.319 e. The number of aliphatic hydroxyl groups excluding tert-OH is 2. The second-order valence-corrected chi connectivity index (χ2v) is 4.64. The normalized spacial score (nSPS) is 16.0. The van der Waals surface area contributed by atoms with Gasteiger partial charge in [-0.25, -0.2) is 0 Å². The third-order valence-electron chi connectivity index (χ3n) is 1.56. The molecule has 0 aliphatic heterocycles. The van der Waals surface area contributed by atoms with E-state index in [9.17, 15) is 18.3 Å². The van der Waals surface area contributed by atoms with Gasteiger partial charge in [-0.05, 0) is 0 Å². The van der Waals surface area contributed by atoms with Crippen LogP contribution in [0.1, 0.15) is 13.8 Å². The lowest BCUT2D eigenvalue weighted by Crippen LogP contribution is -2.30. The highest BCUT2D eigenvalue weighted by Crippen LogP contribution is 2.06. The van der Waals surface area contributed by atoms with Crippen molar-refractivity contribution in [2.24, 2.45) is 5.92 Å². The molecule has 0 bridgehead atoms. The summed E-state index contributed by atoms with van der Waals surface area (Å²) in [7, 11) is -4.05. The van der Waals surface area contributed by atoms with Gasteiger partial charge in [-0.15, -0.1) is 0 Å². The van der Waals surface area contributed by atoms with Crippen LogP contribution in [0.25, 0.3) is 0 Å². The molecule has 84 valence electrons. The van der Waals surface area contributed by atoms with E-state index < -0.39 is 33.9 Å². The molecular weight excluding hydrogens is 212 g/mol. The van der Waals surface area contributed by atoms with Crippen LogP contribution in [0.3, 0.4) is 0 Å². The SMILES string of the molecule is CC(=O)OS(=O)(=O)CC(O)C(C)CO. The van der Waals surface area contributed by atoms with Gasteiger partial charge in [0.1, 0.15) is 5.75 Å². The van der Waals surface area contributed by atoms with E-state index >= 15 is 0 Å². The van der Waals surface area contributed by atoms with Crippen LogP contribution >= 0.6 is 0 Å². The van der Waals surface area contributed by atoms with Crippen molar-refractivity contribution < 1.29 is 27.6 Å². The molecule has 0 aromatic carbocycles. The standard InChI is InChI=1S/C7H14O6S/c1-5(3-8)7(10)4-14(11,12)13-6(2)9/h5,7-8,10H,3-4H2,1-2H3. The second kappa shape index (κ2) is 5.28. The highest BCUT2D eigenvalue weighted by atomic mass is 32.2. The summed E-state index contributed by atoms with van der Waals surface area (Å²) in [4.78, 5) is 10.3. The van der Waals surface area contributed by atoms with Gasteiger partial charge in [0.2, 0.25) is 0 Å². The first kappa shape index (κ1) is 13.3. The Kier molecular flexibility index (Phi) is 5.03. The van der Waals surface area contributed by atoms with E-state index in [1.807, 2.05) is 0 Å². The third kappa shape index (κ3) is 5.15. The van der Waals surface area contributed by atoms with Crippen LogP contribution in [0.5, 0.6) is 0 Å². The first-order valence-corrected chi connectivity index (χ1v) is 5.58. The summed E-state index contributed by atoms with van der Waals surface area (Å²) in [5, 5.41) is 17.9. The molecule has 0 saturated heterocycles. The van der Waals surface area contributed by atoms with Crippen molar-refractivity contribution in [3.8, 4) is 0 Å². The highest BCUT2D eigenvalue weighted by Gasteiger charge is 2.23. The van der Waals surface area contributed by atoms with Gasteiger partial charge >= 0.3 is 16.1 Å². The average Bonchev–Trinajstić information content (AvgIpc) is 1.99. The quantitative estimate of drug-likeness (QED) is 0.575. The molecule has 0 heterocycles. The molecule has 0 amide bonds. The molecule has 6 nitrogen and oxygen atoms in total. The van der Waals surface area contributed by atoms with Crippen LogP contribution in [0, 0.1) is 5.92 Å². The summed E-state index contributed by atoms with van der Waals surface area (Å²) in [5.74, 6) is -2.23. The molecule has 2 unspecified atom stereocenters. The summed E-state index contributed by atoms with van der Waals surface area (Å²) in [6.45, 7) is 2.10. The maximum atomic E-state index is 11.0. The lowest BCUT2D eigenvalue weighted by Gasteiger charge is -2.15. The molecular formula is C7H14O6S. The molecule has 0 aromatic rings. The molecule has 0 rings (SSSR count). The molecule has 0 radical (unpaired) electrons. The first-order valence-electron chi connectivity index (χ1n) is 4.00. The minimum absolute atomic E-state index is 0.337. The van der Waals surface area contributed by atoms with Crippen LogP contribution in [0.15, 0.2) is 0 Å². The number of carbonyl (C=O) groups excluding carboxylic acids is 1. The molecule has 0 aliphatic carbocycles. The van der Waals surface area contributed by atoms with E-state index in [4.69, 9.17) is 5.11 Å². The Morgan fingerprint density at radius 2 is 2.00 bits per heavy atom. The van der Waals surface area contributed by atoms with Crippen molar-refractivity contribution in [1.29, 1.82) is 0 Å². The maximum Gasteiger partial charge on any atom is 0.319 e. The minimum Gasteiger partial charge on any atom is -0.396 e. The van der Waals surface area contributed by atoms with Crippen molar-refractivity contribution in [1.82, 2.24) is 0 Å². The van der Waals surface area contributed by atoms with Crippen molar-refractivity contribution in [2.75, 3.05) is 12.4 Å². The largest absolute Gasteiger partial charge is 0.396 e. The van der Waals surface area contributed by atoms with E-state index in [1.54, 1.807) is 0 Å². The lowest BCUT2D eigenvalue weighted by atomic mass is 10.1. The van der Waals surface area contributed by atoms with Gasteiger partial charge < -0.3 is 14.4 Å². The molecule has 0 aliphatic rings. The van der Waals surface area contributed by atoms with Gasteiger partial charge in [0, 0.05) is 19.4 Å². The first-order chi connectivity index (χ1) is 6.28. The van der Waals surface area contributed by atoms with E-state index in [2.05, 4.69) is 4.18 Å². The Balaban J connectivity index is 4.29. The Morgan fingerprint density at radius 3 is 2.36 bits per heavy atom. The molecule has 7 heteroatoms. The highest BCUT2D eigenvalue weighted by molar-refractivity contribution is 7.87. The molecule has 0 spiro atoms. The number of hydrogen-bond donors (Lipinski definition) is 2. The van der Waals surface area contributed by atoms with Crippen LogP contribution in [0.2, 0.25) is 0 Å². The van der Waals surface area contributed by atoms with Gasteiger partial charge in [-0.3, -0.25) is 4.79 Å². The molecule has 2 atom stereocenters. The van der Waals surface area contributed by atoms with Crippen molar-refractivity contribution in [3.05, 3.63) is 0 Å². The summed E-state index contributed by atoms with van der Waals surface area (Å²) in [6.07, 6.45) is -1.25. The van der Waals surface area contributed by atoms with E-state index in [0.717, 1.165) is 6.92 Å². The predicted molar refractivity (Wildman–Crippen MR) is 47.8 cm³/mol. The Morgan fingerprint density at radius 1 is 1.50 bits per heavy atom. The van der Waals surface area contributed by atoms with Gasteiger partial charge in [-0.2, -0.15) is 8.42 Å². The van der Waals surface area contributed by atoms with Crippen molar-refractivity contribution in [3.63, 3.8) is 0 Å². The topological polar surface area (TPSA) is 101 Å². The zero-order chi connectivity index (χ0) is 11.4. The number of carbonyl (C=O) groups is 1. The second-order valence-electron chi connectivity index (χ2n) is 3.03. The lowest BCUT2D eigenvalue weighted by molar-refractivity contribution is -0.131. The Hall–Kier alpha value is -0.660. The molecule has 0 aromatic heterocycles. The van der Waals surface area contributed by atoms with Crippen molar-refractivity contribution >= 4 is 16.1 Å². The number of hydrogen-bond acceptors (Lipinski definition) is 6. The zero-order valence-corrected chi connectivity index (χ0v) is 8.82. The third-order valence-corrected chi connectivity index (χ3v) is 2.80. The van der Waals surface area contributed by atoms with Crippen molar-refractivity contribution in [2.45, 2.75) is 20.0 Å². The van der Waals surface area contributed by atoms with Gasteiger partial charge in [0.15, 0.2) is 0 Å². The summed E-state index contributed by atoms with van der Waals surface area (Å²) in [5.41, 5.74) is 0. The summed E-state index contributed by atoms with van der Waals surface area (Å²) >= 11 is 0. The zero-order valence-electron chi connectivity index (χ0n) is 8.00. The molecule has 0 fully saturated rings. The van der Waals surface area contributed by atoms with Crippen LogP contribution in [0.4, 0.5) is 0 Å². The average molecular weight is 226 g/mol. The summed E-state index contributed by atoms with van der Waals surface area (Å²) in [6, 6.07) is 0. The molecule has 0 saturated carbocycles. The predicted octanol–water partition coefficient (Wildman–Crippen LogP) is -1.13. The maximum absolute atomic E-state index is 11.0. The Labute approximate surface area is 82.6 Å². The minimum atomic E-state index is -4.05. The Bertz CT molecular complexity index is 283. The van der Waals surface area contributed by atoms with Gasteiger partial charge in [0.05, 0.1) is 6.10 Å².